The molecule has 0 spiro atoms. The fourth-order valence-corrected chi connectivity index (χ4v) is 2.21. The number of carboxylic acids is 1. The maximum absolute atomic E-state index is 11.7. The summed E-state index contributed by atoms with van der Waals surface area (Å²) in [5.74, 6) is 0.115. The Morgan fingerprint density at radius 2 is 2.05 bits per heavy atom. The van der Waals surface area contributed by atoms with E-state index in [9.17, 15) is 9.90 Å². The third kappa shape index (κ3) is 3.48. The van der Waals surface area contributed by atoms with E-state index in [-0.39, 0.29) is 6.42 Å². The van der Waals surface area contributed by atoms with Crippen LogP contribution >= 0.6 is 0 Å². The van der Waals surface area contributed by atoms with Crippen LogP contribution in [0.25, 0.3) is 0 Å². The molecule has 2 rings (SSSR count). The van der Waals surface area contributed by atoms with Crippen molar-refractivity contribution in [2.45, 2.75) is 44.9 Å². The van der Waals surface area contributed by atoms with Crippen LogP contribution < -0.4 is 0 Å². The predicted molar refractivity (Wildman–Crippen MR) is 78.0 cm³/mol. The smallest absolute Gasteiger partial charge is 0.314 e. The van der Waals surface area contributed by atoms with Crippen molar-refractivity contribution in [3.05, 3.63) is 47.6 Å². The molecule has 0 amide bonds. The monoisotopic (exact) mass is 288 g/mol. The first-order valence-electron chi connectivity index (χ1n) is 7.16. The summed E-state index contributed by atoms with van der Waals surface area (Å²) in [6, 6.07) is 9.14. The van der Waals surface area contributed by atoms with Gasteiger partial charge in [0.05, 0.1) is 5.41 Å². The Morgan fingerprint density at radius 3 is 2.67 bits per heavy atom. The lowest BCUT2D eigenvalue weighted by Crippen LogP contribution is -2.34. The molecule has 5 nitrogen and oxygen atoms in total. The van der Waals surface area contributed by atoms with Crippen LogP contribution in [0.2, 0.25) is 0 Å². The van der Waals surface area contributed by atoms with Gasteiger partial charge in [0, 0.05) is 12.8 Å². The Labute approximate surface area is 124 Å². The average Bonchev–Trinajstić information content (AvgIpc) is 2.93. The molecule has 2 aromatic rings. The van der Waals surface area contributed by atoms with Crippen molar-refractivity contribution in [2.24, 2.45) is 0 Å². The minimum Gasteiger partial charge on any atom is -0.481 e. The lowest BCUT2D eigenvalue weighted by Gasteiger charge is -2.23. The van der Waals surface area contributed by atoms with E-state index in [0.717, 1.165) is 24.8 Å². The number of carbonyl (C=O) groups is 1. The van der Waals surface area contributed by atoms with E-state index in [1.165, 1.54) is 0 Å². The summed E-state index contributed by atoms with van der Waals surface area (Å²) < 4.78 is 5.20. The largest absolute Gasteiger partial charge is 0.481 e. The Hall–Kier alpha value is -2.17. The molecule has 0 aliphatic rings. The van der Waals surface area contributed by atoms with Gasteiger partial charge in [-0.15, -0.1) is 0 Å². The van der Waals surface area contributed by atoms with Crippen LogP contribution in [-0.2, 0) is 23.1 Å². The number of aliphatic carboxylic acids is 1. The van der Waals surface area contributed by atoms with Crippen molar-refractivity contribution in [3.8, 4) is 0 Å². The molecule has 0 saturated heterocycles. The van der Waals surface area contributed by atoms with Crippen LogP contribution in [-0.4, -0.2) is 21.2 Å². The molecule has 1 atom stereocenters. The zero-order valence-corrected chi connectivity index (χ0v) is 12.4. The van der Waals surface area contributed by atoms with Crippen molar-refractivity contribution in [1.82, 2.24) is 10.1 Å². The molecule has 112 valence electrons. The summed E-state index contributed by atoms with van der Waals surface area (Å²) in [7, 11) is 0. The molecule has 0 aliphatic heterocycles. The van der Waals surface area contributed by atoms with Crippen molar-refractivity contribution < 1.29 is 14.4 Å². The third-order valence-electron chi connectivity index (χ3n) is 3.65. The molecule has 0 fully saturated rings. The third-order valence-corrected chi connectivity index (χ3v) is 3.65. The number of aromatic nitrogens is 2. The Morgan fingerprint density at radius 1 is 1.33 bits per heavy atom. The molecule has 1 unspecified atom stereocenters. The van der Waals surface area contributed by atoms with E-state index < -0.39 is 11.4 Å². The number of benzene rings is 1. The van der Waals surface area contributed by atoms with Crippen molar-refractivity contribution in [2.75, 3.05) is 0 Å². The van der Waals surface area contributed by atoms with E-state index >= 15 is 0 Å². The quantitative estimate of drug-likeness (QED) is 0.847. The van der Waals surface area contributed by atoms with Gasteiger partial charge < -0.3 is 9.63 Å². The minimum atomic E-state index is -1.07. The number of aryl methyl sites for hydroxylation is 1. The van der Waals surface area contributed by atoms with Gasteiger partial charge in [0.1, 0.15) is 0 Å². The van der Waals surface area contributed by atoms with Crippen LogP contribution in [0.1, 0.15) is 44.0 Å². The average molecular weight is 288 g/mol. The summed E-state index contributed by atoms with van der Waals surface area (Å²) in [6.07, 6.45) is 3.00. The molecule has 0 radical (unpaired) electrons. The van der Waals surface area contributed by atoms with Gasteiger partial charge in [-0.1, -0.05) is 48.8 Å². The minimum absolute atomic E-state index is 0.186. The van der Waals surface area contributed by atoms with Crippen molar-refractivity contribution in [3.63, 3.8) is 0 Å². The number of hydrogen-bond donors (Lipinski definition) is 1. The zero-order valence-electron chi connectivity index (χ0n) is 12.4. The van der Waals surface area contributed by atoms with Gasteiger partial charge in [-0.05, 0) is 18.9 Å². The standard InChI is InChI=1S/C16H20N2O3/c1-3-4-10-13-17-14(21-18-13)11-16(2,15(19)20)12-8-6-5-7-9-12/h5-9H,3-4,10-11H2,1-2H3,(H,19,20). The van der Waals surface area contributed by atoms with Crippen LogP contribution in [0.5, 0.6) is 0 Å². The number of unbranched alkanes of at least 4 members (excludes halogenated alkanes) is 1. The summed E-state index contributed by atoms with van der Waals surface area (Å²) >= 11 is 0. The highest BCUT2D eigenvalue weighted by atomic mass is 16.5. The van der Waals surface area contributed by atoms with E-state index in [0.29, 0.717) is 11.7 Å². The van der Waals surface area contributed by atoms with E-state index in [1.807, 2.05) is 30.3 Å². The maximum atomic E-state index is 11.7. The fraction of sp³-hybridized carbons (Fsp3) is 0.438. The molecule has 0 aliphatic carbocycles. The SMILES string of the molecule is CCCCc1noc(CC(C)(C(=O)O)c2ccccc2)n1. The molecule has 5 heteroatoms. The van der Waals surface area contributed by atoms with Crippen molar-refractivity contribution in [1.29, 1.82) is 0 Å². The topological polar surface area (TPSA) is 76.2 Å². The first kappa shape index (κ1) is 15.2. The molecule has 1 aromatic carbocycles. The van der Waals surface area contributed by atoms with Gasteiger partial charge in [0.15, 0.2) is 5.82 Å². The normalized spacial score (nSPS) is 13.8. The number of nitrogens with zero attached hydrogens (tertiary/aromatic N) is 2. The predicted octanol–water partition coefficient (Wildman–Crippen LogP) is 3.00. The Balaban J connectivity index is 2.21. The first-order valence-corrected chi connectivity index (χ1v) is 7.16. The highest BCUT2D eigenvalue weighted by molar-refractivity contribution is 5.81. The van der Waals surface area contributed by atoms with Crippen LogP contribution in [0, 0.1) is 0 Å². The molecule has 1 aromatic heterocycles. The Kier molecular flexibility index (Phi) is 4.73. The molecule has 1 heterocycles. The van der Waals surface area contributed by atoms with Crippen molar-refractivity contribution >= 4 is 5.97 Å². The van der Waals surface area contributed by atoms with Gasteiger partial charge in [-0.2, -0.15) is 4.98 Å². The van der Waals surface area contributed by atoms with Gasteiger partial charge in [0.25, 0.3) is 0 Å². The summed E-state index contributed by atoms with van der Waals surface area (Å²) in [5, 5.41) is 13.5. The number of hydrogen-bond acceptors (Lipinski definition) is 4. The van der Waals surface area contributed by atoms with Gasteiger partial charge in [-0.25, -0.2) is 0 Å². The Bertz CT molecular complexity index is 595. The van der Waals surface area contributed by atoms with E-state index in [2.05, 4.69) is 17.1 Å². The number of carboxylic acid groups (broad SMARTS) is 1. The maximum Gasteiger partial charge on any atom is 0.314 e. The zero-order chi connectivity index (χ0) is 15.3. The second kappa shape index (κ2) is 6.52. The summed E-state index contributed by atoms with van der Waals surface area (Å²) in [5.41, 5.74) is -0.346. The van der Waals surface area contributed by atoms with Crippen LogP contribution in [0.4, 0.5) is 0 Å². The van der Waals surface area contributed by atoms with Gasteiger partial charge in [0.2, 0.25) is 5.89 Å². The first-order chi connectivity index (χ1) is 10.1. The molecule has 1 N–H and O–H groups in total. The van der Waals surface area contributed by atoms with E-state index in [4.69, 9.17) is 4.52 Å². The highest BCUT2D eigenvalue weighted by Crippen LogP contribution is 2.28. The lowest BCUT2D eigenvalue weighted by atomic mass is 9.79. The van der Waals surface area contributed by atoms with Gasteiger partial charge in [-0.3, -0.25) is 4.79 Å². The molecular weight excluding hydrogens is 268 g/mol. The second-order valence-electron chi connectivity index (χ2n) is 5.39. The lowest BCUT2D eigenvalue weighted by molar-refractivity contribution is -0.143. The molecular formula is C16H20N2O3. The van der Waals surface area contributed by atoms with Gasteiger partial charge >= 0.3 is 5.97 Å². The number of rotatable bonds is 7. The molecule has 0 bridgehead atoms. The van der Waals surface area contributed by atoms with Crippen LogP contribution in [0.15, 0.2) is 34.9 Å². The molecule has 0 saturated carbocycles. The summed E-state index contributed by atoms with van der Waals surface area (Å²) in [6.45, 7) is 3.78. The summed E-state index contributed by atoms with van der Waals surface area (Å²) in [4.78, 5) is 16.0. The van der Waals surface area contributed by atoms with Crippen LogP contribution in [0.3, 0.4) is 0 Å². The van der Waals surface area contributed by atoms with E-state index in [1.54, 1.807) is 6.92 Å². The molecule has 21 heavy (non-hydrogen) atoms. The highest BCUT2D eigenvalue weighted by Gasteiger charge is 2.37. The second-order valence-corrected chi connectivity index (χ2v) is 5.39. The fourth-order valence-electron chi connectivity index (χ4n) is 2.21.